The lowest BCUT2D eigenvalue weighted by Gasteiger charge is -2.43. The van der Waals surface area contributed by atoms with Gasteiger partial charge in [0, 0.05) is 29.5 Å². The van der Waals surface area contributed by atoms with E-state index < -0.39 is 29.8 Å². The van der Waals surface area contributed by atoms with Crippen LogP contribution in [0.15, 0.2) is 35.6 Å². The lowest BCUT2D eigenvalue weighted by atomic mass is 9.76. The summed E-state index contributed by atoms with van der Waals surface area (Å²) in [6, 6.07) is 4.14. The molecule has 2 aliphatic heterocycles. The molecule has 0 aliphatic carbocycles. The predicted molar refractivity (Wildman–Crippen MR) is 108 cm³/mol. The van der Waals surface area contributed by atoms with Crippen LogP contribution in [0.5, 0.6) is 5.88 Å². The van der Waals surface area contributed by atoms with Crippen molar-refractivity contribution in [3.8, 4) is 5.88 Å². The molecule has 8 nitrogen and oxygen atoms in total. The topological polar surface area (TPSA) is 112 Å². The molecule has 31 heavy (non-hydrogen) atoms. The molecule has 1 saturated heterocycles. The Morgan fingerprint density at radius 2 is 2.19 bits per heavy atom. The van der Waals surface area contributed by atoms with E-state index in [1.54, 1.807) is 0 Å². The van der Waals surface area contributed by atoms with Crippen molar-refractivity contribution < 1.29 is 27.4 Å². The third kappa shape index (κ3) is 4.44. The van der Waals surface area contributed by atoms with Gasteiger partial charge >= 0.3 is 6.61 Å². The molecular weight excluding hydrogens is 435 g/mol. The van der Waals surface area contributed by atoms with Crippen molar-refractivity contribution in [2.45, 2.75) is 18.6 Å². The molecule has 2 atom stereocenters. The van der Waals surface area contributed by atoms with Crippen molar-refractivity contribution in [3.05, 3.63) is 47.7 Å². The minimum absolute atomic E-state index is 0.0345. The number of halogens is 3. The fourth-order valence-corrected chi connectivity index (χ4v) is 4.68. The molecule has 1 aromatic carbocycles. The standard InChI is InChI=1S/C19H18F3N5O3S/c20-13-2-1-11(26-16(28)14-6-25-15(7-24-14)30-17(21)22)5-12(13)19-9-29-4-3-10(19)8-31-18(23)27-19/h1-2,5-7,10,17H,3-4,8-9H2,(H2,23,27)(H,26,28). The summed E-state index contributed by atoms with van der Waals surface area (Å²) in [5.74, 6) is -0.817. The van der Waals surface area contributed by atoms with Crippen LogP contribution in [0.1, 0.15) is 22.5 Å². The number of carbonyl (C=O) groups is 1. The van der Waals surface area contributed by atoms with Gasteiger partial charge in [0.1, 0.15) is 17.1 Å². The third-order valence-electron chi connectivity index (χ3n) is 5.11. The van der Waals surface area contributed by atoms with Crippen molar-refractivity contribution in [2.75, 3.05) is 24.3 Å². The number of nitrogens with zero attached hydrogens (tertiary/aromatic N) is 3. The van der Waals surface area contributed by atoms with Gasteiger partial charge in [-0.3, -0.25) is 4.79 Å². The quantitative estimate of drug-likeness (QED) is 0.716. The second-order valence-electron chi connectivity index (χ2n) is 6.99. The maximum atomic E-state index is 14.9. The van der Waals surface area contributed by atoms with E-state index in [1.807, 2.05) is 0 Å². The van der Waals surface area contributed by atoms with Crippen LogP contribution in [0.3, 0.4) is 0 Å². The van der Waals surface area contributed by atoms with Crippen LogP contribution in [0.4, 0.5) is 18.9 Å². The zero-order valence-electron chi connectivity index (χ0n) is 16.1. The van der Waals surface area contributed by atoms with Crippen molar-refractivity contribution in [2.24, 2.45) is 16.6 Å². The number of nitrogens with one attached hydrogen (secondary N) is 1. The van der Waals surface area contributed by atoms with Gasteiger partial charge in [-0.1, -0.05) is 11.8 Å². The van der Waals surface area contributed by atoms with Crippen LogP contribution in [0.2, 0.25) is 0 Å². The van der Waals surface area contributed by atoms with E-state index in [-0.39, 0.29) is 23.8 Å². The second-order valence-corrected chi connectivity index (χ2v) is 8.03. The average molecular weight is 453 g/mol. The van der Waals surface area contributed by atoms with E-state index in [2.05, 4.69) is 25.0 Å². The highest BCUT2D eigenvalue weighted by atomic mass is 32.2. The zero-order valence-corrected chi connectivity index (χ0v) is 16.9. The van der Waals surface area contributed by atoms with Crippen LogP contribution < -0.4 is 15.8 Å². The molecule has 2 aliphatic rings. The number of carbonyl (C=O) groups excluding carboxylic acids is 1. The first-order valence-electron chi connectivity index (χ1n) is 9.31. The fraction of sp³-hybridized carbons (Fsp3) is 0.368. The number of benzene rings is 1. The molecule has 4 rings (SSSR count). The number of nitrogens with two attached hydrogens (primary N) is 1. The minimum Gasteiger partial charge on any atom is -0.415 e. The smallest absolute Gasteiger partial charge is 0.388 e. The number of fused-ring (bicyclic) bond motifs is 1. The number of anilines is 1. The summed E-state index contributed by atoms with van der Waals surface area (Å²) in [5.41, 5.74) is 5.44. The van der Waals surface area contributed by atoms with Crippen LogP contribution in [-0.4, -0.2) is 46.6 Å². The Kier molecular flexibility index (Phi) is 6.01. The maximum absolute atomic E-state index is 14.9. The Morgan fingerprint density at radius 1 is 1.35 bits per heavy atom. The predicted octanol–water partition coefficient (Wildman–Crippen LogP) is 2.76. The summed E-state index contributed by atoms with van der Waals surface area (Å²) in [7, 11) is 0. The van der Waals surface area contributed by atoms with E-state index in [0.717, 1.165) is 12.4 Å². The Morgan fingerprint density at radius 3 is 2.94 bits per heavy atom. The Balaban J connectivity index is 1.59. The number of aliphatic imine (C=N–C) groups is 1. The largest absolute Gasteiger partial charge is 0.415 e. The maximum Gasteiger partial charge on any atom is 0.388 e. The SMILES string of the molecule is NC1=NC2(c3cc(NC(=O)c4cnc(OC(F)F)cn4)ccc3F)COCCC2CS1. The van der Waals surface area contributed by atoms with Gasteiger partial charge in [-0.25, -0.2) is 19.4 Å². The van der Waals surface area contributed by atoms with E-state index in [9.17, 15) is 18.0 Å². The number of alkyl halides is 2. The van der Waals surface area contributed by atoms with Crippen molar-refractivity contribution >= 4 is 28.5 Å². The van der Waals surface area contributed by atoms with E-state index in [1.165, 1.54) is 30.0 Å². The first-order valence-corrected chi connectivity index (χ1v) is 10.3. The molecular formula is C19H18F3N5O3S. The zero-order chi connectivity index (χ0) is 22.0. The summed E-state index contributed by atoms with van der Waals surface area (Å²) < 4.78 is 49.0. The number of rotatable bonds is 5. The summed E-state index contributed by atoms with van der Waals surface area (Å²) in [6.07, 6.45) is 2.63. The van der Waals surface area contributed by atoms with Gasteiger partial charge in [-0.05, 0) is 24.6 Å². The normalized spacial score (nSPS) is 23.1. The molecule has 1 fully saturated rings. The van der Waals surface area contributed by atoms with Gasteiger partial charge in [0.2, 0.25) is 5.88 Å². The van der Waals surface area contributed by atoms with Gasteiger partial charge < -0.3 is 20.5 Å². The molecule has 0 spiro atoms. The van der Waals surface area contributed by atoms with Gasteiger partial charge in [-0.2, -0.15) is 8.78 Å². The molecule has 3 heterocycles. The van der Waals surface area contributed by atoms with Crippen LogP contribution in [-0.2, 0) is 10.3 Å². The lowest BCUT2D eigenvalue weighted by molar-refractivity contribution is -0.0531. The summed E-state index contributed by atoms with van der Waals surface area (Å²) in [5, 5.41) is 2.96. The molecule has 164 valence electrons. The molecule has 0 bridgehead atoms. The van der Waals surface area contributed by atoms with Gasteiger partial charge in [0.25, 0.3) is 5.91 Å². The number of aromatic nitrogens is 2. The number of amides is 1. The average Bonchev–Trinajstić information content (AvgIpc) is 2.75. The van der Waals surface area contributed by atoms with E-state index >= 15 is 0 Å². The lowest BCUT2D eigenvalue weighted by Crippen LogP contribution is -2.48. The highest BCUT2D eigenvalue weighted by Crippen LogP contribution is 2.45. The Bertz CT molecular complexity index is 1010. The highest BCUT2D eigenvalue weighted by Gasteiger charge is 2.47. The fourth-order valence-electron chi connectivity index (χ4n) is 3.64. The molecule has 2 unspecified atom stereocenters. The molecule has 3 N–H and O–H groups in total. The first kappa shape index (κ1) is 21.4. The van der Waals surface area contributed by atoms with E-state index in [4.69, 9.17) is 10.5 Å². The molecule has 0 radical (unpaired) electrons. The number of ether oxygens (including phenoxy) is 2. The third-order valence-corrected chi connectivity index (χ3v) is 6.07. The molecule has 1 amide bonds. The summed E-state index contributed by atoms with van der Waals surface area (Å²) in [4.78, 5) is 24.4. The second kappa shape index (κ2) is 8.71. The molecule has 2 aromatic rings. The molecule has 0 saturated carbocycles. The van der Waals surface area contributed by atoms with Crippen molar-refractivity contribution in [1.82, 2.24) is 9.97 Å². The molecule has 12 heteroatoms. The van der Waals surface area contributed by atoms with Gasteiger partial charge in [0.05, 0.1) is 19.0 Å². The molecule has 1 aromatic heterocycles. The number of thioether (sulfide) groups is 1. The minimum atomic E-state index is -3.05. The highest BCUT2D eigenvalue weighted by molar-refractivity contribution is 8.13. The van der Waals surface area contributed by atoms with Crippen LogP contribution in [0, 0.1) is 11.7 Å². The first-order chi connectivity index (χ1) is 14.9. The number of hydrogen-bond donors (Lipinski definition) is 2. The summed E-state index contributed by atoms with van der Waals surface area (Å²) >= 11 is 1.43. The van der Waals surface area contributed by atoms with E-state index in [0.29, 0.717) is 29.6 Å². The number of hydrogen-bond acceptors (Lipinski definition) is 8. The van der Waals surface area contributed by atoms with Crippen molar-refractivity contribution in [3.63, 3.8) is 0 Å². The van der Waals surface area contributed by atoms with Crippen LogP contribution in [0.25, 0.3) is 0 Å². The number of amidine groups is 1. The Hall–Kier alpha value is -2.86. The Labute approximate surface area is 179 Å². The van der Waals surface area contributed by atoms with Gasteiger partial charge in [-0.15, -0.1) is 0 Å². The summed E-state index contributed by atoms with van der Waals surface area (Å²) in [6.45, 7) is -2.30. The van der Waals surface area contributed by atoms with Gasteiger partial charge in [0.15, 0.2) is 5.17 Å². The monoisotopic (exact) mass is 453 g/mol. The van der Waals surface area contributed by atoms with Crippen LogP contribution >= 0.6 is 11.8 Å². The van der Waals surface area contributed by atoms with Crippen molar-refractivity contribution in [1.29, 1.82) is 0 Å².